The molecular formula is C20H18ClN3O3S2. The average Bonchev–Trinajstić information content (AvgIpc) is 3.19. The maximum absolute atomic E-state index is 12.6. The Kier molecular flexibility index (Phi) is 5.69. The van der Waals surface area contributed by atoms with Crippen molar-refractivity contribution in [3.8, 4) is 0 Å². The van der Waals surface area contributed by atoms with Gasteiger partial charge < -0.3 is 4.90 Å². The minimum absolute atomic E-state index is 0.156. The van der Waals surface area contributed by atoms with Crippen molar-refractivity contribution in [2.45, 2.75) is 4.21 Å². The van der Waals surface area contributed by atoms with Gasteiger partial charge >= 0.3 is 0 Å². The van der Waals surface area contributed by atoms with E-state index in [4.69, 9.17) is 11.6 Å². The summed E-state index contributed by atoms with van der Waals surface area (Å²) in [4.78, 5) is 18.7. The van der Waals surface area contributed by atoms with E-state index in [1.54, 1.807) is 17.0 Å². The first-order valence-electron chi connectivity index (χ1n) is 9.02. The van der Waals surface area contributed by atoms with Crippen molar-refractivity contribution in [1.29, 1.82) is 0 Å². The lowest BCUT2D eigenvalue weighted by Gasteiger charge is -2.33. The van der Waals surface area contributed by atoms with Crippen LogP contribution in [0.4, 0.5) is 0 Å². The fourth-order valence-electron chi connectivity index (χ4n) is 3.15. The maximum Gasteiger partial charge on any atom is 0.252 e. The number of nitrogens with zero attached hydrogens (tertiary/aromatic N) is 3. The number of aromatic nitrogens is 1. The normalized spacial score (nSPS) is 16.0. The van der Waals surface area contributed by atoms with Gasteiger partial charge in [-0.15, -0.1) is 11.3 Å². The van der Waals surface area contributed by atoms with Gasteiger partial charge in [0, 0.05) is 37.6 Å². The number of piperazine rings is 1. The van der Waals surface area contributed by atoms with Gasteiger partial charge in [-0.25, -0.2) is 13.4 Å². The van der Waals surface area contributed by atoms with Gasteiger partial charge in [-0.2, -0.15) is 4.31 Å². The summed E-state index contributed by atoms with van der Waals surface area (Å²) in [5.41, 5.74) is 1.57. The minimum atomic E-state index is -3.56. The van der Waals surface area contributed by atoms with Crippen molar-refractivity contribution >= 4 is 55.8 Å². The SMILES string of the molecule is O=C(/C=C/c1ccc2ccccc2n1)N1CCN(S(=O)(=O)c2ccc(Cl)s2)CC1. The lowest BCUT2D eigenvalue weighted by atomic mass is 10.2. The summed E-state index contributed by atoms with van der Waals surface area (Å²) >= 11 is 6.90. The van der Waals surface area contributed by atoms with Crippen molar-refractivity contribution in [3.63, 3.8) is 0 Å². The first-order valence-corrected chi connectivity index (χ1v) is 11.7. The first-order chi connectivity index (χ1) is 13.9. The fraction of sp³-hybridized carbons (Fsp3) is 0.200. The minimum Gasteiger partial charge on any atom is -0.337 e. The molecular weight excluding hydrogens is 430 g/mol. The van der Waals surface area contributed by atoms with Crippen LogP contribution in [0.2, 0.25) is 4.34 Å². The largest absolute Gasteiger partial charge is 0.337 e. The Morgan fingerprint density at radius 1 is 1.03 bits per heavy atom. The molecule has 0 spiro atoms. The zero-order valence-corrected chi connectivity index (χ0v) is 17.8. The summed E-state index contributed by atoms with van der Waals surface area (Å²) in [7, 11) is -3.56. The van der Waals surface area contributed by atoms with E-state index in [-0.39, 0.29) is 23.2 Å². The number of hydrogen-bond donors (Lipinski definition) is 0. The Balaban J connectivity index is 1.39. The molecule has 4 rings (SSSR count). The molecule has 0 saturated carbocycles. The lowest BCUT2D eigenvalue weighted by molar-refractivity contribution is -0.127. The van der Waals surface area contributed by atoms with Crippen LogP contribution in [0, 0.1) is 0 Å². The van der Waals surface area contributed by atoms with E-state index in [1.807, 2.05) is 36.4 Å². The van der Waals surface area contributed by atoms with Gasteiger partial charge in [-0.05, 0) is 30.3 Å². The Morgan fingerprint density at radius 2 is 1.79 bits per heavy atom. The summed E-state index contributed by atoms with van der Waals surface area (Å²) in [6, 6.07) is 14.7. The molecule has 1 aliphatic heterocycles. The number of pyridine rings is 1. The number of amides is 1. The topological polar surface area (TPSA) is 70.6 Å². The van der Waals surface area contributed by atoms with Crippen LogP contribution in [-0.2, 0) is 14.8 Å². The third-order valence-corrected chi connectivity index (χ3v) is 8.31. The Morgan fingerprint density at radius 3 is 2.52 bits per heavy atom. The zero-order chi connectivity index (χ0) is 20.4. The number of thiophene rings is 1. The molecule has 150 valence electrons. The van der Waals surface area contributed by atoms with E-state index in [2.05, 4.69) is 4.98 Å². The van der Waals surface area contributed by atoms with Gasteiger partial charge in [0.2, 0.25) is 5.91 Å². The van der Waals surface area contributed by atoms with E-state index < -0.39 is 10.0 Å². The third kappa shape index (κ3) is 4.35. The highest BCUT2D eigenvalue weighted by molar-refractivity contribution is 7.91. The predicted octanol–water partition coefficient (Wildman–Crippen LogP) is 3.50. The van der Waals surface area contributed by atoms with Crippen LogP contribution in [0.1, 0.15) is 5.69 Å². The second kappa shape index (κ2) is 8.23. The summed E-state index contributed by atoms with van der Waals surface area (Å²) in [6.07, 6.45) is 3.17. The van der Waals surface area contributed by atoms with E-state index in [0.717, 1.165) is 22.2 Å². The Hall–Kier alpha value is -2.26. The van der Waals surface area contributed by atoms with Crippen LogP contribution in [-0.4, -0.2) is 54.7 Å². The van der Waals surface area contributed by atoms with Crippen molar-refractivity contribution in [1.82, 2.24) is 14.2 Å². The summed E-state index contributed by atoms with van der Waals surface area (Å²) in [5.74, 6) is -0.156. The van der Waals surface area contributed by atoms with E-state index in [0.29, 0.717) is 23.1 Å². The van der Waals surface area contributed by atoms with E-state index in [9.17, 15) is 13.2 Å². The third-order valence-electron chi connectivity index (χ3n) is 4.71. The quantitative estimate of drug-likeness (QED) is 0.574. The summed E-state index contributed by atoms with van der Waals surface area (Å²) in [6.45, 7) is 1.19. The number of halogens is 1. The molecule has 6 nitrogen and oxygen atoms in total. The Bertz CT molecular complexity index is 1180. The highest BCUT2D eigenvalue weighted by Crippen LogP contribution is 2.28. The summed E-state index contributed by atoms with van der Waals surface area (Å²) < 4.78 is 27.4. The number of fused-ring (bicyclic) bond motifs is 1. The predicted molar refractivity (Wildman–Crippen MR) is 115 cm³/mol. The number of rotatable bonds is 4. The molecule has 1 amide bonds. The average molecular weight is 448 g/mol. The van der Waals surface area contributed by atoms with Crippen LogP contribution in [0.25, 0.3) is 17.0 Å². The number of benzene rings is 1. The van der Waals surface area contributed by atoms with Gasteiger partial charge in [-0.3, -0.25) is 4.79 Å². The lowest BCUT2D eigenvalue weighted by Crippen LogP contribution is -2.50. The monoisotopic (exact) mass is 447 g/mol. The molecule has 0 unspecified atom stereocenters. The van der Waals surface area contributed by atoms with Gasteiger partial charge in [0.1, 0.15) is 4.21 Å². The van der Waals surface area contributed by atoms with Gasteiger partial charge in [-0.1, -0.05) is 35.9 Å². The van der Waals surface area contributed by atoms with Crippen molar-refractivity contribution < 1.29 is 13.2 Å². The molecule has 3 heterocycles. The standard InChI is InChI=1S/C20H18ClN3O3S2/c21-18-8-10-20(28-18)29(26,27)24-13-11-23(12-14-24)19(25)9-7-16-6-5-15-3-1-2-4-17(15)22-16/h1-10H,11-14H2/b9-7+. The number of hydrogen-bond acceptors (Lipinski definition) is 5. The highest BCUT2D eigenvalue weighted by atomic mass is 35.5. The molecule has 1 saturated heterocycles. The molecule has 1 fully saturated rings. The summed E-state index contributed by atoms with van der Waals surface area (Å²) in [5, 5.41) is 1.04. The molecule has 3 aromatic rings. The molecule has 0 bridgehead atoms. The Labute approximate surface area is 178 Å². The number of para-hydroxylation sites is 1. The first kappa shape index (κ1) is 20.0. The van der Waals surface area contributed by atoms with Crippen LogP contribution >= 0.6 is 22.9 Å². The van der Waals surface area contributed by atoms with Gasteiger partial charge in [0.15, 0.2) is 0 Å². The molecule has 0 radical (unpaired) electrons. The van der Waals surface area contributed by atoms with Crippen LogP contribution in [0.15, 0.2) is 58.8 Å². The van der Waals surface area contributed by atoms with E-state index in [1.165, 1.54) is 16.4 Å². The molecule has 29 heavy (non-hydrogen) atoms. The van der Waals surface area contributed by atoms with Crippen molar-refractivity contribution in [3.05, 3.63) is 64.6 Å². The second-order valence-corrected chi connectivity index (χ2v) is 10.4. The molecule has 2 aromatic heterocycles. The van der Waals surface area contributed by atoms with Crippen molar-refractivity contribution in [2.75, 3.05) is 26.2 Å². The molecule has 1 aromatic carbocycles. The van der Waals surface area contributed by atoms with Crippen LogP contribution in [0.5, 0.6) is 0 Å². The second-order valence-electron chi connectivity index (χ2n) is 6.55. The van der Waals surface area contributed by atoms with E-state index >= 15 is 0 Å². The van der Waals surface area contributed by atoms with Gasteiger partial charge in [0.05, 0.1) is 15.5 Å². The highest BCUT2D eigenvalue weighted by Gasteiger charge is 2.30. The number of carbonyl (C=O) groups excluding carboxylic acids is 1. The molecule has 0 aliphatic carbocycles. The van der Waals surface area contributed by atoms with Crippen LogP contribution < -0.4 is 0 Å². The number of carbonyl (C=O) groups is 1. The van der Waals surface area contributed by atoms with Crippen molar-refractivity contribution in [2.24, 2.45) is 0 Å². The molecule has 0 N–H and O–H groups in total. The zero-order valence-electron chi connectivity index (χ0n) is 15.4. The maximum atomic E-state index is 12.6. The number of sulfonamides is 1. The molecule has 0 atom stereocenters. The molecule has 9 heteroatoms. The van der Waals surface area contributed by atoms with Gasteiger partial charge in [0.25, 0.3) is 10.0 Å². The molecule has 1 aliphatic rings. The van der Waals surface area contributed by atoms with Crippen LogP contribution in [0.3, 0.4) is 0 Å². The fourth-order valence-corrected chi connectivity index (χ4v) is 6.21. The smallest absolute Gasteiger partial charge is 0.252 e.